The molecule has 2 amide bonds. The molecule has 1 atom stereocenters. The van der Waals surface area contributed by atoms with Gasteiger partial charge in [0.2, 0.25) is 11.8 Å². The Kier molecular flexibility index (Phi) is 5.95. The average molecular weight is 285 g/mol. The van der Waals surface area contributed by atoms with Crippen LogP contribution in [-0.4, -0.2) is 55.6 Å². The molecule has 1 unspecified atom stereocenters. The van der Waals surface area contributed by atoms with E-state index in [1.807, 2.05) is 13.8 Å². The maximum Gasteiger partial charge on any atom is 0.244 e. The number of hydrogen-bond acceptors (Lipinski definition) is 4. The molecule has 116 valence electrons. The van der Waals surface area contributed by atoms with Gasteiger partial charge in [-0.3, -0.25) is 9.59 Å². The number of ether oxygens (including phenoxy) is 1. The Bertz CT molecular complexity index is 350. The molecule has 0 saturated carbocycles. The summed E-state index contributed by atoms with van der Waals surface area (Å²) in [5, 5.41) is 2.83. The maximum absolute atomic E-state index is 12.4. The molecule has 3 N–H and O–H groups in total. The van der Waals surface area contributed by atoms with Crippen LogP contribution in [0.3, 0.4) is 0 Å². The van der Waals surface area contributed by atoms with Crippen molar-refractivity contribution in [3.63, 3.8) is 0 Å². The van der Waals surface area contributed by atoms with E-state index in [-0.39, 0.29) is 11.8 Å². The molecule has 0 bridgehead atoms. The second-order valence-corrected chi connectivity index (χ2v) is 6.16. The number of amides is 2. The first-order valence-electron chi connectivity index (χ1n) is 7.15. The van der Waals surface area contributed by atoms with Crippen molar-refractivity contribution < 1.29 is 14.3 Å². The highest BCUT2D eigenvalue weighted by Gasteiger charge is 2.38. The van der Waals surface area contributed by atoms with Crippen molar-refractivity contribution in [2.24, 2.45) is 11.7 Å². The highest BCUT2D eigenvalue weighted by Crippen LogP contribution is 2.18. The molecule has 1 fully saturated rings. The monoisotopic (exact) mass is 285 g/mol. The summed E-state index contributed by atoms with van der Waals surface area (Å²) in [6, 6.07) is -0.513. The minimum atomic E-state index is -0.917. The number of hydrogen-bond donors (Lipinski definition) is 2. The zero-order chi connectivity index (χ0) is 15.3. The lowest BCUT2D eigenvalue weighted by atomic mass is 9.89. The molecule has 0 aromatic rings. The highest BCUT2D eigenvalue weighted by atomic mass is 16.5. The molecule has 1 heterocycles. The zero-order valence-corrected chi connectivity index (χ0v) is 12.9. The summed E-state index contributed by atoms with van der Waals surface area (Å²) in [6.07, 6.45) is 1.59. The van der Waals surface area contributed by atoms with Crippen molar-refractivity contribution in [3.05, 3.63) is 0 Å². The van der Waals surface area contributed by atoms with Gasteiger partial charge < -0.3 is 20.7 Å². The van der Waals surface area contributed by atoms with Gasteiger partial charge in [0.1, 0.15) is 6.04 Å². The molecule has 0 aromatic heterocycles. The van der Waals surface area contributed by atoms with E-state index in [0.717, 1.165) is 0 Å². The standard InChI is InChI=1S/C14H27N3O3/c1-10(2)9-11(12(18)17(3)4)16-13(19)14(15)5-7-20-8-6-14/h10-11H,5-9,15H2,1-4H3,(H,16,19). The number of nitrogens with two attached hydrogens (primary N) is 1. The largest absolute Gasteiger partial charge is 0.381 e. The molecule has 20 heavy (non-hydrogen) atoms. The normalized spacial score (nSPS) is 19.5. The first kappa shape index (κ1) is 16.9. The molecule has 0 aromatic carbocycles. The van der Waals surface area contributed by atoms with Crippen molar-refractivity contribution in [1.82, 2.24) is 10.2 Å². The van der Waals surface area contributed by atoms with Gasteiger partial charge in [-0.25, -0.2) is 0 Å². The number of nitrogens with one attached hydrogen (secondary N) is 1. The lowest BCUT2D eigenvalue weighted by molar-refractivity contribution is -0.138. The number of rotatable bonds is 5. The lowest BCUT2D eigenvalue weighted by Gasteiger charge is -2.34. The predicted octanol–water partition coefficient (Wildman–Crippen LogP) is 0.113. The predicted molar refractivity (Wildman–Crippen MR) is 77.1 cm³/mol. The van der Waals surface area contributed by atoms with E-state index in [1.54, 1.807) is 14.1 Å². The van der Waals surface area contributed by atoms with Gasteiger partial charge in [-0.1, -0.05) is 13.8 Å². The number of carbonyl (C=O) groups excluding carboxylic acids is 2. The van der Waals surface area contributed by atoms with Crippen LogP contribution in [0.2, 0.25) is 0 Å². The van der Waals surface area contributed by atoms with Crippen molar-refractivity contribution in [1.29, 1.82) is 0 Å². The first-order chi connectivity index (χ1) is 9.26. The fraction of sp³-hybridized carbons (Fsp3) is 0.857. The molecular weight excluding hydrogens is 258 g/mol. The Balaban J connectivity index is 2.73. The van der Waals surface area contributed by atoms with Gasteiger partial charge in [0.15, 0.2) is 0 Å². The minimum Gasteiger partial charge on any atom is -0.381 e. The molecular formula is C14H27N3O3. The van der Waals surface area contributed by atoms with Crippen LogP contribution in [0.25, 0.3) is 0 Å². The van der Waals surface area contributed by atoms with Crippen molar-refractivity contribution in [3.8, 4) is 0 Å². The lowest BCUT2D eigenvalue weighted by Crippen LogP contribution is -2.60. The molecule has 0 radical (unpaired) electrons. The molecule has 1 aliphatic heterocycles. The van der Waals surface area contributed by atoms with Gasteiger partial charge in [-0.15, -0.1) is 0 Å². The summed E-state index contributed by atoms with van der Waals surface area (Å²) in [5.41, 5.74) is 5.22. The zero-order valence-electron chi connectivity index (χ0n) is 12.9. The molecule has 6 nitrogen and oxygen atoms in total. The number of likely N-dealkylation sites (N-methyl/N-ethyl adjacent to an activating group) is 1. The minimum absolute atomic E-state index is 0.0947. The maximum atomic E-state index is 12.4. The van der Waals surface area contributed by atoms with Gasteiger partial charge in [-0.2, -0.15) is 0 Å². The summed E-state index contributed by atoms with van der Waals surface area (Å²) < 4.78 is 5.24. The van der Waals surface area contributed by atoms with E-state index in [2.05, 4.69) is 5.32 Å². The highest BCUT2D eigenvalue weighted by molar-refractivity contribution is 5.91. The van der Waals surface area contributed by atoms with Gasteiger partial charge in [0, 0.05) is 27.3 Å². The van der Waals surface area contributed by atoms with E-state index in [4.69, 9.17) is 10.5 Å². The third-order valence-corrected chi connectivity index (χ3v) is 3.59. The molecule has 1 saturated heterocycles. The number of carbonyl (C=O) groups is 2. The van der Waals surface area contributed by atoms with E-state index in [0.29, 0.717) is 38.4 Å². The van der Waals surface area contributed by atoms with Crippen molar-refractivity contribution >= 4 is 11.8 Å². The topological polar surface area (TPSA) is 84.7 Å². The van der Waals surface area contributed by atoms with Crippen LogP contribution in [0.1, 0.15) is 33.1 Å². The quantitative estimate of drug-likeness (QED) is 0.751. The number of nitrogens with zero attached hydrogens (tertiary/aromatic N) is 1. The van der Waals surface area contributed by atoms with Crippen LogP contribution in [0.15, 0.2) is 0 Å². The Morgan fingerprint density at radius 1 is 1.30 bits per heavy atom. The van der Waals surface area contributed by atoms with E-state index in [9.17, 15) is 9.59 Å². The Morgan fingerprint density at radius 3 is 2.30 bits per heavy atom. The van der Waals surface area contributed by atoms with Crippen molar-refractivity contribution in [2.75, 3.05) is 27.3 Å². The van der Waals surface area contributed by atoms with Crippen LogP contribution < -0.4 is 11.1 Å². The van der Waals surface area contributed by atoms with E-state index in [1.165, 1.54) is 4.90 Å². The third kappa shape index (κ3) is 4.45. The van der Waals surface area contributed by atoms with Gasteiger partial charge in [0.25, 0.3) is 0 Å². The molecule has 1 aliphatic rings. The summed E-state index contributed by atoms with van der Waals surface area (Å²) in [4.78, 5) is 26.0. The Labute approximate surface area is 121 Å². The molecule has 6 heteroatoms. The Morgan fingerprint density at radius 2 is 1.85 bits per heavy atom. The fourth-order valence-electron chi connectivity index (χ4n) is 2.27. The smallest absolute Gasteiger partial charge is 0.244 e. The molecule has 1 rings (SSSR count). The van der Waals surface area contributed by atoms with Crippen LogP contribution in [0.4, 0.5) is 0 Å². The van der Waals surface area contributed by atoms with Crippen LogP contribution >= 0.6 is 0 Å². The van der Waals surface area contributed by atoms with Crippen LogP contribution in [-0.2, 0) is 14.3 Å². The summed E-state index contributed by atoms with van der Waals surface area (Å²) >= 11 is 0. The second-order valence-electron chi connectivity index (χ2n) is 6.16. The third-order valence-electron chi connectivity index (χ3n) is 3.59. The van der Waals surface area contributed by atoms with Gasteiger partial charge in [-0.05, 0) is 25.2 Å². The summed E-state index contributed by atoms with van der Waals surface area (Å²) in [6.45, 7) is 5.02. The summed E-state index contributed by atoms with van der Waals surface area (Å²) in [7, 11) is 3.38. The van der Waals surface area contributed by atoms with Crippen LogP contribution in [0, 0.1) is 5.92 Å². The second kappa shape index (κ2) is 7.04. The summed E-state index contributed by atoms with van der Waals surface area (Å²) in [5.74, 6) is -0.0306. The van der Waals surface area contributed by atoms with Crippen molar-refractivity contribution in [2.45, 2.75) is 44.7 Å². The molecule has 0 spiro atoms. The molecule has 0 aliphatic carbocycles. The van der Waals surface area contributed by atoms with Gasteiger partial charge >= 0.3 is 0 Å². The van der Waals surface area contributed by atoms with Gasteiger partial charge in [0.05, 0.1) is 5.54 Å². The SMILES string of the molecule is CC(C)CC(NC(=O)C1(N)CCOCC1)C(=O)N(C)C. The Hall–Kier alpha value is -1.14. The first-order valence-corrected chi connectivity index (χ1v) is 7.15. The average Bonchev–Trinajstić information content (AvgIpc) is 2.37. The fourth-order valence-corrected chi connectivity index (χ4v) is 2.27. The van der Waals surface area contributed by atoms with E-state index >= 15 is 0 Å². The van der Waals surface area contributed by atoms with E-state index < -0.39 is 11.6 Å². The van der Waals surface area contributed by atoms with Crippen LogP contribution in [0.5, 0.6) is 0 Å².